The lowest BCUT2D eigenvalue weighted by Crippen LogP contribution is -2.31. The van der Waals surface area contributed by atoms with Crippen molar-refractivity contribution in [3.8, 4) is 0 Å². The number of likely N-dealkylation sites (tertiary alicyclic amines) is 1. The van der Waals surface area contributed by atoms with Gasteiger partial charge in [-0.15, -0.1) is 0 Å². The van der Waals surface area contributed by atoms with Gasteiger partial charge in [-0.2, -0.15) is 0 Å². The summed E-state index contributed by atoms with van der Waals surface area (Å²) < 4.78 is 22.6. The first-order valence-electron chi connectivity index (χ1n) is 8.60. The lowest BCUT2D eigenvalue weighted by Gasteiger charge is -2.18. The third kappa shape index (κ3) is 3.52. The molecule has 1 amide bonds. The zero-order chi connectivity index (χ0) is 17.6. The molecular formula is C18H21N3O3S. The minimum atomic E-state index is -3.51. The fourth-order valence-electron chi connectivity index (χ4n) is 3.61. The highest BCUT2D eigenvalue weighted by molar-refractivity contribution is 7.89. The van der Waals surface area contributed by atoms with Gasteiger partial charge in [-0.3, -0.25) is 9.78 Å². The molecule has 0 radical (unpaired) electrons. The van der Waals surface area contributed by atoms with Crippen LogP contribution in [0.15, 0.2) is 30.3 Å². The predicted molar refractivity (Wildman–Crippen MR) is 95.7 cm³/mol. The maximum Gasteiger partial charge on any atom is 0.254 e. The van der Waals surface area contributed by atoms with Crippen LogP contribution in [0, 0.1) is 5.92 Å². The topological polar surface area (TPSA) is 93.4 Å². The number of hydrogen-bond acceptors (Lipinski definition) is 4. The maximum atomic E-state index is 13.1. The van der Waals surface area contributed by atoms with Crippen LogP contribution in [0.25, 0.3) is 10.9 Å². The molecule has 2 aromatic rings. The Balaban J connectivity index is 1.64. The largest absolute Gasteiger partial charge is 0.338 e. The second kappa shape index (κ2) is 6.07. The molecule has 1 aromatic carbocycles. The van der Waals surface area contributed by atoms with Gasteiger partial charge in [0.15, 0.2) is 0 Å². The normalized spacial score (nSPS) is 21.0. The zero-order valence-electron chi connectivity index (χ0n) is 13.9. The Kier molecular flexibility index (Phi) is 4.00. The minimum absolute atomic E-state index is 0.0441. The molecule has 25 heavy (non-hydrogen) atoms. The summed E-state index contributed by atoms with van der Waals surface area (Å²) in [4.78, 5) is 19.5. The number of fused-ring (bicyclic) bond motifs is 1. The van der Waals surface area contributed by atoms with Gasteiger partial charge in [-0.05, 0) is 37.3 Å². The molecule has 1 saturated heterocycles. The first-order chi connectivity index (χ1) is 11.9. The summed E-state index contributed by atoms with van der Waals surface area (Å²) >= 11 is 0. The Morgan fingerprint density at radius 1 is 1.24 bits per heavy atom. The second-order valence-electron chi connectivity index (χ2n) is 7.12. The summed E-state index contributed by atoms with van der Waals surface area (Å²) in [6.45, 7) is 0.999. The van der Waals surface area contributed by atoms with E-state index in [1.165, 1.54) is 0 Å². The van der Waals surface area contributed by atoms with E-state index in [0.717, 1.165) is 29.4 Å². The Hall–Kier alpha value is -1.99. The van der Waals surface area contributed by atoms with E-state index >= 15 is 0 Å². The standard InChI is InChI=1S/C18H21N3O3S/c19-25(23,24)11-12-7-8-21(10-12)18(22)15-9-17(13-5-6-13)20-16-4-2-1-3-14(15)16/h1-4,9,12-13H,5-8,10-11H2,(H2,19,23,24)/t12-/m0/s1. The number of nitrogens with zero attached hydrogens (tertiary/aromatic N) is 2. The van der Waals surface area contributed by atoms with Crippen LogP contribution in [-0.2, 0) is 10.0 Å². The van der Waals surface area contributed by atoms with Gasteiger partial charge in [0, 0.05) is 30.1 Å². The number of carbonyl (C=O) groups is 1. The van der Waals surface area contributed by atoms with E-state index in [4.69, 9.17) is 10.1 Å². The van der Waals surface area contributed by atoms with Crippen molar-refractivity contribution in [3.05, 3.63) is 41.6 Å². The van der Waals surface area contributed by atoms with Crippen LogP contribution in [0.2, 0.25) is 0 Å². The second-order valence-corrected chi connectivity index (χ2v) is 8.78. The molecular weight excluding hydrogens is 338 g/mol. The number of sulfonamides is 1. The first-order valence-corrected chi connectivity index (χ1v) is 10.3. The molecule has 0 bridgehead atoms. The van der Waals surface area contributed by atoms with E-state index in [1.54, 1.807) is 4.90 Å². The molecule has 1 saturated carbocycles. The van der Waals surface area contributed by atoms with Crippen molar-refractivity contribution in [2.75, 3.05) is 18.8 Å². The van der Waals surface area contributed by atoms with Crippen LogP contribution < -0.4 is 5.14 Å². The van der Waals surface area contributed by atoms with Crippen LogP contribution in [0.4, 0.5) is 0 Å². The molecule has 0 spiro atoms. The fourth-order valence-corrected chi connectivity index (χ4v) is 4.54. The third-order valence-electron chi connectivity index (χ3n) is 5.00. The molecule has 2 fully saturated rings. The summed E-state index contributed by atoms with van der Waals surface area (Å²) in [5.74, 6) is 0.263. The van der Waals surface area contributed by atoms with Gasteiger partial charge in [0.1, 0.15) is 0 Å². The highest BCUT2D eigenvalue weighted by Crippen LogP contribution is 2.40. The molecule has 7 heteroatoms. The lowest BCUT2D eigenvalue weighted by atomic mass is 10.0. The number of para-hydroxylation sites is 1. The molecule has 1 aliphatic heterocycles. The smallest absolute Gasteiger partial charge is 0.254 e. The number of primary sulfonamides is 1. The molecule has 132 valence electrons. The van der Waals surface area contributed by atoms with E-state index in [-0.39, 0.29) is 17.6 Å². The van der Waals surface area contributed by atoms with Gasteiger partial charge in [0.25, 0.3) is 5.91 Å². The van der Waals surface area contributed by atoms with Crippen molar-refractivity contribution in [1.82, 2.24) is 9.88 Å². The molecule has 6 nitrogen and oxygen atoms in total. The van der Waals surface area contributed by atoms with E-state index < -0.39 is 10.0 Å². The van der Waals surface area contributed by atoms with Gasteiger partial charge in [-0.25, -0.2) is 13.6 Å². The Labute approximate surface area is 147 Å². The Morgan fingerprint density at radius 2 is 2.00 bits per heavy atom. The Bertz CT molecular complexity index is 938. The highest BCUT2D eigenvalue weighted by atomic mass is 32.2. The van der Waals surface area contributed by atoms with Crippen molar-refractivity contribution in [2.45, 2.75) is 25.2 Å². The van der Waals surface area contributed by atoms with Gasteiger partial charge in [0.2, 0.25) is 10.0 Å². The molecule has 1 aliphatic carbocycles. The number of nitrogens with two attached hydrogens (primary N) is 1. The number of pyridine rings is 1. The van der Waals surface area contributed by atoms with E-state index in [0.29, 0.717) is 31.0 Å². The van der Waals surface area contributed by atoms with Crippen LogP contribution in [0.5, 0.6) is 0 Å². The molecule has 2 heterocycles. The number of amides is 1. The van der Waals surface area contributed by atoms with Crippen molar-refractivity contribution >= 4 is 26.8 Å². The zero-order valence-corrected chi connectivity index (χ0v) is 14.7. The van der Waals surface area contributed by atoms with Gasteiger partial charge >= 0.3 is 0 Å². The van der Waals surface area contributed by atoms with Crippen molar-refractivity contribution in [2.24, 2.45) is 11.1 Å². The number of benzene rings is 1. The first kappa shape index (κ1) is 16.5. The highest BCUT2D eigenvalue weighted by Gasteiger charge is 2.32. The quantitative estimate of drug-likeness (QED) is 0.902. The number of rotatable bonds is 4. The summed E-state index contributed by atoms with van der Waals surface area (Å²) in [5.41, 5.74) is 2.50. The van der Waals surface area contributed by atoms with E-state index in [2.05, 4.69) is 0 Å². The third-order valence-corrected chi connectivity index (χ3v) is 5.94. The lowest BCUT2D eigenvalue weighted by molar-refractivity contribution is 0.0790. The van der Waals surface area contributed by atoms with Gasteiger partial charge in [-0.1, -0.05) is 18.2 Å². The summed E-state index contributed by atoms with van der Waals surface area (Å²) in [6, 6.07) is 9.62. The fraction of sp³-hybridized carbons (Fsp3) is 0.444. The molecule has 4 rings (SSSR count). The number of aromatic nitrogens is 1. The summed E-state index contributed by atoms with van der Waals surface area (Å²) in [5, 5.41) is 6.00. The van der Waals surface area contributed by atoms with Crippen LogP contribution in [0.1, 0.15) is 41.2 Å². The summed E-state index contributed by atoms with van der Waals surface area (Å²) in [7, 11) is -3.51. The minimum Gasteiger partial charge on any atom is -0.338 e. The molecule has 2 N–H and O–H groups in total. The Morgan fingerprint density at radius 3 is 2.72 bits per heavy atom. The van der Waals surface area contributed by atoms with Crippen LogP contribution >= 0.6 is 0 Å². The average Bonchev–Trinajstić information content (AvgIpc) is 3.32. The molecule has 1 aromatic heterocycles. The van der Waals surface area contributed by atoms with Crippen LogP contribution in [-0.4, -0.2) is 43.1 Å². The van der Waals surface area contributed by atoms with Crippen LogP contribution in [0.3, 0.4) is 0 Å². The summed E-state index contributed by atoms with van der Waals surface area (Å²) in [6.07, 6.45) is 2.92. The van der Waals surface area contributed by atoms with Crippen molar-refractivity contribution in [3.63, 3.8) is 0 Å². The van der Waals surface area contributed by atoms with Gasteiger partial charge < -0.3 is 4.90 Å². The maximum absolute atomic E-state index is 13.1. The molecule has 2 aliphatic rings. The van der Waals surface area contributed by atoms with Crippen molar-refractivity contribution in [1.29, 1.82) is 0 Å². The van der Waals surface area contributed by atoms with E-state index in [1.807, 2.05) is 30.3 Å². The van der Waals surface area contributed by atoms with Crippen molar-refractivity contribution < 1.29 is 13.2 Å². The average molecular weight is 359 g/mol. The predicted octanol–water partition coefficient (Wildman–Crippen LogP) is 1.86. The molecule has 0 unspecified atom stereocenters. The van der Waals surface area contributed by atoms with Gasteiger partial charge in [0.05, 0.1) is 16.8 Å². The SMILES string of the molecule is NS(=O)(=O)C[C@H]1CCN(C(=O)c2cc(C3CC3)nc3ccccc23)C1. The monoisotopic (exact) mass is 359 g/mol. The number of hydrogen-bond donors (Lipinski definition) is 1. The number of carbonyl (C=O) groups excluding carboxylic acids is 1. The van der Waals surface area contributed by atoms with E-state index in [9.17, 15) is 13.2 Å². The molecule has 1 atom stereocenters.